The summed E-state index contributed by atoms with van der Waals surface area (Å²) in [5.41, 5.74) is 0. The van der Waals surface area contributed by atoms with Crippen molar-refractivity contribution in [3.8, 4) is 0 Å². The Morgan fingerprint density at radius 1 is 0.895 bits per heavy atom. The molecule has 4 heteroatoms. The van der Waals surface area contributed by atoms with Gasteiger partial charge in [0.25, 0.3) is 0 Å². The number of ether oxygens (including phenoxy) is 2. The van der Waals surface area contributed by atoms with Gasteiger partial charge >= 0.3 is 11.9 Å². The monoisotopic (exact) mass is 272 g/mol. The van der Waals surface area contributed by atoms with Crippen molar-refractivity contribution in [1.82, 2.24) is 0 Å². The second-order valence-electron chi connectivity index (χ2n) is 4.65. The molecule has 112 valence electrons. The lowest BCUT2D eigenvalue weighted by molar-refractivity contribution is -0.164. The topological polar surface area (TPSA) is 52.6 Å². The van der Waals surface area contributed by atoms with Crippen molar-refractivity contribution in [2.75, 3.05) is 13.2 Å². The molecule has 0 saturated carbocycles. The minimum absolute atomic E-state index is 0.0182. The zero-order chi connectivity index (χ0) is 14.7. The Hall–Kier alpha value is -1.06. The Bertz CT molecular complexity index is 245. The van der Waals surface area contributed by atoms with Gasteiger partial charge in [0.2, 0.25) is 0 Å². The summed E-state index contributed by atoms with van der Waals surface area (Å²) in [5, 5.41) is 0. The number of hydrogen-bond acceptors (Lipinski definition) is 4. The fourth-order valence-electron chi connectivity index (χ4n) is 2.21. The van der Waals surface area contributed by atoms with Crippen LogP contribution < -0.4 is 0 Å². The molecule has 19 heavy (non-hydrogen) atoms. The Balaban J connectivity index is 4.74. The van der Waals surface area contributed by atoms with Gasteiger partial charge in [-0.1, -0.05) is 39.5 Å². The minimum Gasteiger partial charge on any atom is -0.465 e. The van der Waals surface area contributed by atoms with E-state index < -0.39 is 17.9 Å². The van der Waals surface area contributed by atoms with E-state index in [1.54, 1.807) is 13.8 Å². The first-order chi connectivity index (χ1) is 9.12. The molecule has 0 aromatic carbocycles. The van der Waals surface area contributed by atoms with Crippen molar-refractivity contribution in [3.63, 3.8) is 0 Å². The van der Waals surface area contributed by atoms with Gasteiger partial charge < -0.3 is 9.47 Å². The Labute approximate surface area is 116 Å². The van der Waals surface area contributed by atoms with E-state index in [4.69, 9.17) is 9.47 Å². The van der Waals surface area contributed by atoms with E-state index in [2.05, 4.69) is 6.92 Å². The van der Waals surface area contributed by atoms with E-state index in [0.717, 1.165) is 32.1 Å². The van der Waals surface area contributed by atoms with E-state index in [0.29, 0.717) is 13.2 Å². The van der Waals surface area contributed by atoms with Gasteiger partial charge in [0, 0.05) is 0 Å². The maximum Gasteiger partial charge on any atom is 0.320 e. The molecular formula is C15H28O4. The van der Waals surface area contributed by atoms with Crippen molar-refractivity contribution in [1.29, 1.82) is 0 Å². The number of esters is 2. The lowest BCUT2D eigenvalue weighted by Crippen LogP contribution is -2.34. The first-order valence-electron chi connectivity index (χ1n) is 7.45. The van der Waals surface area contributed by atoms with Crippen LogP contribution in [0.25, 0.3) is 0 Å². The van der Waals surface area contributed by atoms with Crippen LogP contribution in [-0.4, -0.2) is 25.2 Å². The summed E-state index contributed by atoms with van der Waals surface area (Å²) >= 11 is 0. The van der Waals surface area contributed by atoms with Gasteiger partial charge in [-0.2, -0.15) is 0 Å². The van der Waals surface area contributed by atoms with Crippen LogP contribution >= 0.6 is 0 Å². The lowest BCUT2D eigenvalue weighted by Gasteiger charge is -2.23. The molecule has 0 aromatic heterocycles. The average Bonchev–Trinajstić information content (AvgIpc) is 2.38. The van der Waals surface area contributed by atoms with E-state index in [1.165, 1.54) is 0 Å². The SMILES string of the molecule is CCCCCC(CC)C(C(=O)OCC)C(=O)OCC. The molecule has 0 amide bonds. The Morgan fingerprint density at radius 3 is 1.79 bits per heavy atom. The summed E-state index contributed by atoms with van der Waals surface area (Å²) in [5.74, 6) is -1.62. The molecule has 0 saturated heterocycles. The summed E-state index contributed by atoms with van der Waals surface area (Å²) in [6, 6.07) is 0. The number of rotatable bonds is 10. The summed E-state index contributed by atoms with van der Waals surface area (Å²) in [4.78, 5) is 23.9. The van der Waals surface area contributed by atoms with E-state index in [1.807, 2.05) is 6.92 Å². The number of hydrogen-bond donors (Lipinski definition) is 0. The van der Waals surface area contributed by atoms with Gasteiger partial charge in [0.05, 0.1) is 13.2 Å². The first kappa shape index (κ1) is 17.9. The maximum absolute atomic E-state index is 12.0. The summed E-state index contributed by atoms with van der Waals surface area (Å²) in [7, 11) is 0. The summed E-state index contributed by atoms with van der Waals surface area (Å²) in [6.07, 6.45) is 4.93. The molecule has 0 aromatic rings. The molecule has 4 nitrogen and oxygen atoms in total. The van der Waals surface area contributed by atoms with Crippen molar-refractivity contribution in [3.05, 3.63) is 0 Å². The molecule has 0 N–H and O–H groups in total. The fraction of sp³-hybridized carbons (Fsp3) is 0.867. The third-order valence-corrected chi connectivity index (χ3v) is 3.26. The highest BCUT2D eigenvalue weighted by Crippen LogP contribution is 2.25. The molecule has 0 aliphatic heterocycles. The zero-order valence-electron chi connectivity index (χ0n) is 12.7. The van der Waals surface area contributed by atoms with Crippen LogP contribution in [0.15, 0.2) is 0 Å². The predicted molar refractivity (Wildman–Crippen MR) is 74.7 cm³/mol. The summed E-state index contributed by atoms with van der Waals surface area (Å²) in [6.45, 7) is 8.22. The second-order valence-corrected chi connectivity index (χ2v) is 4.65. The van der Waals surface area contributed by atoms with Crippen LogP contribution in [0.2, 0.25) is 0 Å². The molecule has 1 atom stereocenters. The molecular weight excluding hydrogens is 244 g/mol. The number of carbonyl (C=O) groups is 2. The van der Waals surface area contributed by atoms with E-state index in [9.17, 15) is 9.59 Å². The average molecular weight is 272 g/mol. The van der Waals surface area contributed by atoms with Gasteiger partial charge in [-0.25, -0.2) is 0 Å². The Kier molecular flexibility index (Phi) is 10.2. The van der Waals surface area contributed by atoms with Gasteiger partial charge in [0.15, 0.2) is 5.92 Å². The van der Waals surface area contributed by atoms with Crippen LogP contribution in [0.3, 0.4) is 0 Å². The second kappa shape index (κ2) is 10.8. The molecule has 0 bridgehead atoms. The normalized spacial score (nSPS) is 12.3. The van der Waals surface area contributed by atoms with Crippen LogP contribution in [-0.2, 0) is 19.1 Å². The third-order valence-electron chi connectivity index (χ3n) is 3.26. The van der Waals surface area contributed by atoms with Crippen LogP contribution in [0.1, 0.15) is 59.8 Å². The largest absolute Gasteiger partial charge is 0.465 e. The Morgan fingerprint density at radius 2 is 1.42 bits per heavy atom. The predicted octanol–water partition coefficient (Wildman–Crippen LogP) is 3.34. The van der Waals surface area contributed by atoms with Gasteiger partial charge in [-0.05, 0) is 26.2 Å². The highest BCUT2D eigenvalue weighted by Gasteiger charge is 2.35. The smallest absolute Gasteiger partial charge is 0.320 e. The fourth-order valence-corrected chi connectivity index (χ4v) is 2.21. The lowest BCUT2D eigenvalue weighted by atomic mass is 9.85. The first-order valence-corrected chi connectivity index (χ1v) is 7.45. The van der Waals surface area contributed by atoms with Crippen LogP contribution in [0, 0.1) is 11.8 Å². The minimum atomic E-state index is -0.762. The standard InChI is InChI=1S/C15H28O4/c1-5-9-10-11-12(6-2)13(14(16)18-7-3)15(17)19-8-4/h12-13H,5-11H2,1-4H3. The van der Waals surface area contributed by atoms with Crippen LogP contribution in [0.4, 0.5) is 0 Å². The van der Waals surface area contributed by atoms with Gasteiger partial charge in [0.1, 0.15) is 0 Å². The number of unbranched alkanes of at least 4 members (excludes halogenated alkanes) is 2. The highest BCUT2D eigenvalue weighted by molar-refractivity contribution is 5.95. The van der Waals surface area contributed by atoms with E-state index in [-0.39, 0.29) is 5.92 Å². The zero-order valence-corrected chi connectivity index (χ0v) is 12.7. The molecule has 1 unspecified atom stereocenters. The van der Waals surface area contributed by atoms with Crippen molar-refractivity contribution < 1.29 is 19.1 Å². The van der Waals surface area contributed by atoms with Crippen molar-refractivity contribution >= 4 is 11.9 Å². The van der Waals surface area contributed by atoms with Crippen molar-refractivity contribution in [2.45, 2.75) is 59.8 Å². The summed E-state index contributed by atoms with van der Waals surface area (Å²) < 4.78 is 10.0. The molecule has 0 aliphatic carbocycles. The number of carbonyl (C=O) groups excluding carboxylic acids is 2. The highest BCUT2D eigenvalue weighted by atomic mass is 16.6. The molecule has 0 radical (unpaired) electrons. The molecule has 0 spiro atoms. The molecule has 0 rings (SSSR count). The quantitative estimate of drug-likeness (QED) is 0.348. The molecule has 0 fully saturated rings. The molecule has 0 aliphatic rings. The maximum atomic E-state index is 12.0. The van der Waals surface area contributed by atoms with Crippen LogP contribution in [0.5, 0.6) is 0 Å². The van der Waals surface area contributed by atoms with Gasteiger partial charge in [-0.15, -0.1) is 0 Å². The van der Waals surface area contributed by atoms with Crippen molar-refractivity contribution in [2.24, 2.45) is 11.8 Å². The van der Waals surface area contributed by atoms with E-state index >= 15 is 0 Å². The molecule has 0 heterocycles. The third kappa shape index (κ3) is 6.60. The van der Waals surface area contributed by atoms with Gasteiger partial charge in [-0.3, -0.25) is 9.59 Å².